The van der Waals surface area contributed by atoms with Crippen LogP contribution in [0.25, 0.3) is 0 Å². The largest absolute Gasteiger partial charge is 0.493 e. The Labute approximate surface area is 141 Å². The third kappa shape index (κ3) is 4.66. The minimum Gasteiger partial charge on any atom is -0.493 e. The van der Waals surface area contributed by atoms with Crippen LogP contribution >= 0.6 is 12.2 Å². The summed E-state index contributed by atoms with van der Waals surface area (Å²) < 4.78 is 13.2. The molecule has 0 radical (unpaired) electrons. The molecule has 2 aromatic rings. The number of nitrogens with one attached hydrogen (secondary N) is 1. The van der Waals surface area contributed by atoms with E-state index >= 15 is 0 Å². The lowest BCUT2D eigenvalue weighted by Gasteiger charge is -2.11. The Bertz CT molecular complexity index is 721. The molecule has 0 aliphatic rings. The van der Waals surface area contributed by atoms with Crippen molar-refractivity contribution < 1.29 is 9.47 Å². The normalized spacial score (nSPS) is 11.1. The quantitative estimate of drug-likeness (QED) is 0.454. The average Bonchev–Trinajstić information content (AvgIpc) is 2.88. The molecule has 0 amide bonds. The van der Waals surface area contributed by atoms with Crippen LogP contribution in [-0.4, -0.2) is 34.8 Å². The standard InChI is InChI=1S/C16H22N4O2S/c1-4-5-6-9-22-14-8-7-13(10-15(14)21-3)11-17-20-12(2)18-19-16(20)23/h7-8,10-11H,4-6,9H2,1-3H3,(H,19,23)/b17-11-. The molecule has 1 aromatic carbocycles. The van der Waals surface area contributed by atoms with Gasteiger partial charge in [-0.15, -0.1) is 0 Å². The van der Waals surface area contributed by atoms with Crippen LogP contribution in [0.15, 0.2) is 23.3 Å². The maximum absolute atomic E-state index is 5.77. The summed E-state index contributed by atoms with van der Waals surface area (Å²) >= 11 is 5.11. The lowest BCUT2D eigenvalue weighted by Crippen LogP contribution is -2.00. The van der Waals surface area contributed by atoms with E-state index in [9.17, 15) is 0 Å². The van der Waals surface area contributed by atoms with E-state index in [1.807, 2.05) is 25.1 Å². The van der Waals surface area contributed by atoms with Crippen LogP contribution in [0.4, 0.5) is 0 Å². The molecule has 6 nitrogen and oxygen atoms in total. The van der Waals surface area contributed by atoms with E-state index in [1.54, 1.807) is 18.0 Å². The number of hydrogen-bond acceptors (Lipinski definition) is 5. The highest BCUT2D eigenvalue weighted by Gasteiger charge is 2.05. The molecule has 0 fully saturated rings. The topological polar surface area (TPSA) is 64.4 Å². The molecule has 1 aromatic heterocycles. The van der Waals surface area contributed by atoms with Crippen molar-refractivity contribution in [3.63, 3.8) is 0 Å². The second-order valence-corrected chi connectivity index (χ2v) is 5.48. The van der Waals surface area contributed by atoms with Crippen molar-refractivity contribution in [2.24, 2.45) is 5.10 Å². The molecule has 0 saturated heterocycles. The average molecular weight is 334 g/mol. The van der Waals surface area contributed by atoms with E-state index in [2.05, 4.69) is 22.2 Å². The van der Waals surface area contributed by atoms with Gasteiger partial charge in [-0.1, -0.05) is 19.8 Å². The Balaban J connectivity index is 2.10. The Morgan fingerprint density at radius 1 is 1.35 bits per heavy atom. The van der Waals surface area contributed by atoms with Crippen LogP contribution in [0.1, 0.15) is 37.6 Å². The van der Waals surface area contributed by atoms with Crippen molar-refractivity contribution in [3.8, 4) is 11.5 Å². The van der Waals surface area contributed by atoms with Crippen LogP contribution in [0.3, 0.4) is 0 Å². The van der Waals surface area contributed by atoms with E-state index < -0.39 is 0 Å². The highest BCUT2D eigenvalue weighted by atomic mass is 32.1. The first kappa shape index (κ1) is 17.2. The number of aromatic nitrogens is 3. The van der Waals surface area contributed by atoms with Crippen molar-refractivity contribution in [2.45, 2.75) is 33.1 Å². The van der Waals surface area contributed by atoms with Gasteiger partial charge in [-0.3, -0.25) is 5.10 Å². The first-order valence-electron chi connectivity index (χ1n) is 7.65. The molecule has 1 N–H and O–H groups in total. The van der Waals surface area contributed by atoms with E-state index in [-0.39, 0.29) is 0 Å². The molecule has 124 valence electrons. The SMILES string of the molecule is CCCCCOc1ccc(/C=N\n2c(C)n[nH]c2=S)cc1OC. The summed E-state index contributed by atoms with van der Waals surface area (Å²) in [5.41, 5.74) is 0.894. The zero-order valence-electron chi connectivity index (χ0n) is 13.7. The number of unbranched alkanes of at least 4 members (excludes halogenated alkanes) is 2. The van der Waals surface area contributed by atoms with Gasteiger partial charge in [-0.25, -0.2) is 0 Å². The number of hydrogen-bond donors (Lipinski definition) is 1. The monoisotopic (exact) mass is 334 g/mol. The number of aryl methyl sites for hydroxylation is 1. The lowest BCUT2D eigenvalue weighted by molar-refractivity contribution is 0.286. The fourth-order valence-corrected chi connectivity index (χ4v) is 2.27. The summed E-state index contributed by atoms with van der Waals surface area (Å²) in [7, 11) is 1.63. The van der Waals surface area contributed by atoms with E-state index in [4.69, 9.17) is 21.7 Å². The smallest absolute Gasteiger partial charge is 0.216 e. The second-order valence-electron chi connectivity index (χ2n) is 5.10. The Hall–Kier alpha value is -2.15. The predicted octanol–water partition coefficient (Wildman–Crippen LogP) is 3.71. The third-order valence-corrected chi connectivity index (χ3v) is 3.59. The van der Waals surface area contributed by atoms with Crippen molar-refractivity contribution in [1.29, 1.82) is 0 Å². The number of aromatic amines is 1. The minimum absolute atomic E-state index is 0.460. The lowest BCUT2D eigenvalue weighted by atomic mass is 10.2. The van der Waals surface area contributed by atoms with Gasteiger partial charge >= 0.3 is 0 Å². The second kappa shape index (κ2) is 8.47. The van der Waals surface area contributed by atoms with Crippen LogP contribution in [0, 0.1) is 11.7 Å². The number of H-pyrrole nitrogens is 1. The number of rotatable bonds is 8. The van der Waals surface area contributed by atoms with Gasteiger partial charge in [0.25, 0.3) is 0 Å². The zero-order valence-corrected chi connectivity index (χ0v) is 14.5. The molecular formula is C16H22N4O2S. The van der Waals surface area contributed by atoms with Gasteiger partial charge < -0.3 is 9.47 Å². The first-order chi connectivity index (χ1) is 11.2. The molecule has 0 aliphatic carbocycles. The summed E-state index contributed by atoms with van der Waals surface area (Å²) in [6.45, 7) is 4.70. The minimum atomic E-state index is 0.460. The molecule has 0 atom stereocenters. The van der Waals surface area contributed by atoms with Crippen LogP contribution in [0.5, 0.6) is 11.5 Å². The molecule has 0 saturated carbocycles. The summed E-state index contributed by atoms with van der Waals surface area (Å²) in [5, 5.41) is 11.0. The summed E-state index contributed by atoms with van der Waals surface area (Å²) in [6, 6.07) is 5.71. The Morgan fingerprint density at radius 3 is 2.83 bits per heavy atom. The van der Waals surface area contributed by atoms with Gasteiger partial charge in [0.15, 0.2) is 11.5 Å². The third-order valence-electron chi connectivity index (χ3n) is 3.33. The summed E-state index contributed by atoms with van der Waals surface area (Å²) in [5.74, 6) is 2.14. The molecule has 7 heteroatoms. The molecule has 1 heterocycles. The fourth-order valence-electron chi connectivity index (χ4n) is 2.05. The van der Waals surface area contributed by atoms with E-state index in [0.29, 0.717) is 23.0 Å². The number of benzene rings is 1. The van der Waals surface area contributed by atoms with Crippen LogP contribution in [-0.2, 0) is 0 Å². The summed E-state index contributed by atoms with van der Waals surface area (Å²) in [6.07, 6.45) is 5.09. The molecule has 23 heavy (non-hydrogen) atoms. The number of ether oxygens (including phenoxy) is 2. The number of nitrogens with zero attached hydrogens (tertiary/aromatic N) is 3. The van der Waals surface area contributed by atoms with E-state index in [0.717, 1.165) is 24.2 Å². The fraction of sp³-hybridized carbons (Fsp3) is 0.438. The molecule has 0 bridgehead atoms. The molecular weight excluding hydrogens is 312 g/mol. The van der Waals surface area contributed by atoms with Crippen molar-refractivity contribution in [1.82, 2.24) is 14.9 Å². The highest BCUT2D eigenvalue weighted by Crippen LogP contribution is 2.27. The first-order valence-corrected chi connectivity index (χ1v) is 8.05. The van der Waals surface area contributed by atoms with Crippen molar-refractivity contribution in [3.05, 3.63) is 34.4 Å². The molecule has 2 rings (SSSR count). The Kier molecular flexibility index (Phi) is 6.34. The van der Waals surface area contributed by atoms with Crippen LogP contribution < -0.4 is 9.47 Å². The van der Waals surface area contributed by atoms with Crippen molar-refractivity contribution >= 4 is 18.4 Å². The van der Waals surface area contributed by atoms with Gasteiger partial charge in [-0.05, 0) is 49.3 Å². The van der Waals surface area contributed by atoms with Crippen molar-refractivity contribution in [2.75, 3.05) is 13.7 Å². The highest BCUT2D eigenvalue weighted by molar-refractivity contribution is 7.71. The maximum atomic E-state index is 5.77. The maximum Gasteiger partial charge on any atom is 0.216 e. The van der Waals surface area contributed by atoms with Crippen LogP contribution in [0.2, 0.25) is 0 Å². The summed E-state index contributed by atoms with van der Waals surface area (Å²) in [4.78, 5) is 0. The van der Waals surface area contributed by atoms with E-state index in [1.165, 1.54) is 6.42 Å². The van der Waals surface area contributed by atoms with Gasteiger partial charge in [0, 0.05) is 0 Å². The Morgan fingerprint density at radius 2 is 2.17 bits per heavy atom. The van der Waals surface area contributed by atoms with Gasteiger partial charge in [0.05, 0.1) is 19.9 Å². The zero-order chi connectivity index (χ0) is 16.7. The predicted molar refractivity (Wildman–Crippen MR) is 93.2 cm³/mol. The number of methoxy groups -OCH3 is 1. The molecule has 0 aliphatic heterocycles. The van der Waals surface area contributed by atoms with Gasteiger partial charge in [0.2, 0.25) is 4.77 Å². The van der Waals surface area contributed by atoms with Gasteiger partial charge in [0.1, 0.15) is 5.82 Å². The molecule has 0 unspecified atom stereocenters. The molecule has 0 spiro atoms. The van der Waals surface area contributed by atoms with Gasteiger partial charge in [-0.2, -0.15) is 14.9 Å².